The summed E-state index contributed by atoms with van der Waals surface area (Å²) >= 11 is 0. The number of hydrogen-bond donors (Lipinski definition) is 1. The fraction of sp³-hybridized carbons (Fsp3) is 0.800. The zero-order chi connectivity index (χ0) is 15.7. The van der Waals surface area contributed by atoms with Crippen molar-refractivity contribution < 1.29 is 34.0 Å². The molecule has 0 rings (SSSR count). The normalized spacial score (nSPS) is 12.8. The number of rotatable bonds is 8. The molecule has 0 aromatic carbocycles. The molecular formula is C10H19N3O7. The van der Waals surface area contributed by atoms with Crippen LogP contribution in [0.2, 0.25) is 0 Å². The molecule has 1 atom stereocenters. The maximum atomic E-state index is 11.4. The molecule has 0 aliphatic rings. The van der Waals surface area contributed by atoms with Crippen LogP contribution < -0.4 is 0 Å². The van der Waals surface area contributed by atoms with Gasteiger partial charge in [0.25, 0.3) is 6.29 Å². The zero-order valence-corrected chi connectivity index (χ0v) is 11.8. The molecule has 0 amide bonds. The summed E-state index contributed by atoms with van der Waals surface area (Å²) in [6.45, 7) is 5.77. The lowest BCUT2D eigenvalue weighted by atomic mass is 10.5. The molecule has 10 nitrogen and oxygen atoms in total. The molecule has 0 saturated carbocycles. The van der Waals surface area contributed by atoms with Crippen LogP contribution in [-0.2, 0) is 19.1 Å². The third-order valence-corrected chi connectivity index (χ3v) is 1.78. The predicted molar refractivity (Wildman–Crippen MR) is 64.2 cm³/mol. The van der Waals surface area contributed by atoms with Crippen molar-refractivity contribution in [1.82, 2.24) is 5.01 Å². The number of carbonyl (C=O) groups excluding carboxylic acids is 1. The first-order valence-corrected chi connectivity index (χ1v) is 5.94. The number of nitrogens with zero attached hydrogens (tertiary/aromatic N) is 3. The monoisotopic (exact) mass is 293 g/mol. The largest absolute Gasteiger partial charge is 0.569 e. The molecule has 0 spiro atoms. The van der Waals surface area contributed by atoms with Gasteiger partial charge in [-0.05, 0) is 20.8 Å². The molecule has 0 aromatic heterocycles. The maximum absolute atomic E-state index is 11.4. The van der Waals surface area contributed by atoms with Crippen LogP contribution in [0.1, 0.15) is 27.7 Å². The third-order valence-electron chi connectivity index (χ3n) is 1.78. The Labute approximate surface area is 116 Å². The third kappa shape index (κ3) is 7.95. The van der Waals surface area contributed by atoms with Gasteiger partial charge in [0.15, 0.2) is 6.54 Å². The number of likely N-dealkylation sites (N-methyl/N-ethyl adjacent to an activating group) is 1. The quantitative estimate of drug-likeness (QED) is 0.232. The topological polar surface area (TPSA) is 124 Å². The first kappa shape index (κ1) is 17.7. The van der Waals surface area contributed by atoms with Crippen molar-refractivity contribution in [3.05, 3.63) is 5.21 Å². The van der Waals surface area contributed by atoms with Crippen LogP contribution in [0.5, 0.6) is 0 Å². The van der Waals surface area contributed by atoms with Crippen LogP contribution in [0.25, 0.3) is 0 Å². The van der Waals surface area contributed by atoms with E-state index in [-0.39, 0.29) is 17.6 Å². The second kappa shape index (κ2) is 8.77. The van der Waals surface area contributed by atoms with Gasteiger partial charge in [0.2, 0.25) is 5.28 Å². The Morgan fingerprint density at radius 2 is 1.95 bits per heavy atom. The number of aliphatic carboxylic acids is 1. The summed E-state index contributed by atoms with van der Waals surface area (Å²) in [6.07, 6.45) is -2.46. The highest BCUT2D eigenvalue weighted by Crippen LogP contribution is 2.01. The Morgan fingerprint density at radius 3 is 2.40 bits per heavy atom. The van der Waals surface area contributed by atoms with Gasteiger partial charge in [0, 0.05) is 6.92 Å². The van der Waals surface area contributed by atoms with Gasteiger partial charge in [0.1, 0.15) is 0 Å². The molecule has 0 radical (unpaired) electrons. The van der Waals surface area contributed by atoms with Crippen molar-refractivity contribution in [3.8, 4) is 0 Å². The molecule has 1 unspecified atom stereocenters. The van der Waals surface area contributed by atoms with Gasteiger partial charge in [-0.15, -0.1) is 5.01 Å². The summed E-state index contributed by atoms with van der Waals surface area (Å²) in [5.74, 6) is -1.19. The van der Waals surface area contributed by atoms with Crippen molar-refractivity contribution in [3.63, 3.8) is 0 Å². The second-order valence-corrected chi connectivity index (χ2v) is 3.92. The van der Waals surface area contributed by atoms with Gasteiger partial charge in [0.05, 0.1) is 17.6 Å². The summed E-state index contributed by atoms with van der Waals surface area (Å²) in [5, 5.41) is 23.9. The van der Waals surface area contributed by atoms with Crippen LogP contribution in [0, 0.1) is 5.21 Å². The molecule has 0 aliphatic heterocycles. The second-order valence-electron chi connectivity index (χ2n) is 3.92. The number of carboxylic acid groups (broad SMARTS) is 1. The Morgan fingerprint density at radius 1 is 1.35 bits per heavy atom. The molecule has 0 fully saturated rings. The smallest absolute Gasteiger partial charge is 0.511 e. The van der Waals surface area contributed by atoms with Crippen molar-refractivity contribution in [2.45, 2.75) is 40.1 Å². The Hall–Kier alpha value is -2.26. The van der Waals surface area contributed by atoms with Gasteiger partial charge < -0.3 is 19.8 Å². The van der Waals surface area contributed by atoms with Crippen molar-refractivity contribution in [2.24, 2.45) is 5.28 Å². The Balaban J connectivity index is 4.30. The van der Waals surface area contributed by atoms with Crippen molar-refractivity contribution in [1.29, 1.82) is 0 Å². The minimum absolute atomic E-state index is 0.0260. The van der Waals surface area contributed by atoms with E-state index in [9.17, 15) is 14.8 Å². The summed E-state index contributed by atoms with van der Waals surface area (Å²) in [4.78, 5) is 26.2. The SMILES string of the molecule is CCN(CC(=O)O)[N+]([O-])=NOC(C)OC(=O)OC(C)C. The van der Waals surface area contributed by atoms with E-state index in [0.717, 1.165) is 5.01 Å². The lowest BCUT2D eigenvalue weighted by Crippen LogP contribution is -2.35. The molecule has 116 valence electrons. The number of hydrogen-bond acceptors (Lipinski definition) is 7. The van der Waals surface area contributed by atoms with E-state index >= 15 is 0 Å². The molecule has 1 N–H and O–H groups in total. The van der Waals surface area contributed by atoms with E-state index in [2.05, 4.69) is 19.6 Å². The average molecular weight is 293 g/mol. The molecule has 0 heterocycles. The highest BCUT2D eigenvalue weighted by Gasteiger charge is 2.17. The fourth-order valence-corrected chi connectivity index (χ4v) is 0.985. The summed E-state index contributed by atoms with van der Waals surface area (Å²) < 4.78 is 9.31. The Bertz CT molecular complexity index is 359. The van der Waals surface area contributed by atoms with Crippen LogP contribution in [-0.4, -0.2) is 52.7 Å². The summed E-state index contributed by atoms with van der Waals surface area (Å²) in [7, 11) is 0. The van der Waals surface area contributed by atoms with Crippen LogP contribution in [0.15, 0.2) is 5.28 Å². The number of carboxylic acids is 1. The van der Waals surface area contributed by atoms with E-state index in [1.807, 2.05) is 0 Å². The van der Waals surface area contributed by atoms with E-state index in [1.165, 1.54) is 6.92 Å². The van der Waals surface area contributed by atoms with E-state index in [1.54, 1.807) is 20.8 Å². The molecule has 0 aromatic rings. The van der Waals surface area contributed by atoms with Gasteiger partial charge in [-0.2, -0.15) is 0 Å². The van der Waals surface area contributed by atoms with Crippen LogP contribution >= 0.6 is 0 Å². The Kier molecular flexibility index (Phi) is 7.78. The number of carbonyl (C=O) groups is 2. The standard InChI is InChI=1S/C10H19N3O7/c1-5-12(6-9(14)15)13(17)11-20-8(4)19-10(16)18-7(2)3/h7-8H,5-6H2,1-4H3,(H,14,15). The van der Waals surface area contributed by atoms with Crippen LogP contribution in [0.4, 0.5) is 4.79 Å². The van der Waals surface area contributed by atoms with Crippen molar-refractivity contribution >= 4 is 12.1 Å². The lowest BCUT2D eigenvalue weighted by Gasteiger charge is -2.15. The van der Waals surface area contributed by atoms with Crippen LogP contribution in [0.3, 0.4) is 0 Å². The molecular weight excluding hydrogens is 274 g/mol. The van der Waals surface area contributed by atoms with Gasteiger partial charge >= 0.3 is 12.1 Å². The predicted octanol–water partition coefficient (Wildman–Crippen LogP) is 1.11. The van der Waals surface area contributed by atoms with E-state index < -0.39 is 25.0 Å². The zero-order valence-electron chi connectivity index (χ0n) is 11.8. The fourth-order valence-electron chi connectivity index (χ4n) is 0.985. The highest BCUT2D eigenvalue weighted by atomic mass is 16.8. The van der Waals surface area contributed by atoms with Gasteiger partial charge in [-0.25, -0.2) is 4.79 Å². The minimum Gasteiger partial charge on any atom is -0.569 e. The average Bonchev–Trinajstić information content (AvgIpc) is 2.31. The van der Waals surface area contributed by atoms with Gasteiger partial charge in [-0.1, -0.05) is 0 Å². The molecule has 0 bridgehead atoms. The highest BCUT2D eigenvalue weighted by molar-refractivity contribution is 5.68. The van der Waals surface area contributed by atoms with Gasteiger partial charge in [-0.3, -0.25) is 9.63 Å². The molecule has 20 heavy (non-hydrogen) atoms. The first-order chi connectivity index (χ1) is 9.26. The van der Waals surface area contributed by atoms with Crippen molar-refractivity contribution in [2.75, 3.05) is 13.1 Å². The molecule has 0 aliphatic carbocycles. The van der Waals surface area contributed by atoms with E-state index in [0.29, 0.717) is 0 Å². The minimum atomic E-state index is -1.19. The molecule has 10 heteroatoms. The maximum Gasteiger partial charge on any atom is 0.511 e. The summed E-state index contributed by atoms with van der Waals surface area (Å²) in [5.41, 5.74) is 0. The molecule has 0 saturated heterocycles. The first-order valence-electron chi connectivity index (χ1n) is 5.94. The summed E-state index contributed by atoms with van der Waals surface area (Å²) in [6, 6.07) is 0. The lowest BCUT2D eigenvalue weighted by molar-refractivity contribution is -0.710. The number of ether oxygens (including phenoxy) is 2. The van der Waals surface area contributed by atoms with E-state index in [4.69, 9.17) is 5.11 Å². The number of hydrazine groups is 1.